The Morgan fingerprint density at radius 1 is 1.27 bits per heavy atom. The molecule has 1 aromatic heterocycles. The van der Waals surface area contributed by atoms with Crippen molar-refractivity contribution in [2.75, 3.05) is 20.1 Å². The Morgan fingerprint density at radius 3 is 2.62 bits per heavy atom. The van der Waals surface area contributed by atoms with E-state index in [1.54, 1.807) is 28.8 Å². The summed E-state index contributed by atoms with van der Waals surface area (Å²) in [5.74, 6) is -0.513. The molecule has 2 aromatic rings. The number of hydrogen-bond donors (Lipinski definition) is 2. The van der Waals surface area contributed by atoms with Gasteiger partial charge in [0.25, 0.3) is 11.8 Å². The van der Waals surface area contributed by atoms with Gasteiger partial charge >= 0.3 is 0 Å². The summed E-state index contributed by atoms with van der Waals surface area (Å²) in [5.41, 5.74) is 1.47. The fourth-order valence-electron chi connectivity index (χ4n) is 2.67. The van der Waals surface area contributed by atoms with Gasteiger partial charge in [-0.25, -0.2) is 13.6 Å². The van der Waals surface area contributed by atoms with Crippen LogP contribution in [0.5, 0.6) is 0 Å². The molecule has 0 aliphatic carbocycles. The van der Waals surface area contributed by atoms with Crippen molar-refractivity contribution in [3.63, 3.8) is 0 Å². The van der Waals surface area contributed by atoms with Crippen LogP contribution in [0.15, 0.2) is 35.2 Å². The number of aromatic nitrogens is 2. The topological polar surface area (TPSA) is 127 Å². The summed E-state index contributed by atoms with van der Waals surface area (Å²) in [6.45, 7) is 1.47. The lowest BCUT2D eigenvalue weighted by Gasteiger charge is -2.22. The molecule has 0 radical (unpaired) electrons. The number of hydrogen-bond acceptors (Lipinski definition) is 5. The van der Waals surface area contributed by atoms with E-state index in [1.807, 2.05) is 0 Å². The van der Waals surface area contributed by atoms with Gasteiger partial charge in [-0.3, -0.25) is 14.3 Å². The fourth-order valence-corrected chi connectivity index (χ4v) is 3.18. The molecular weight excluding hydrogens is 358 g/mol. The molecule has 1 aliphatic heterocycles. The Kier molecular flexibility index (Phi) is 4.79. The van der Waals surface area contributed by atoms with Crippen LogP contribution in [0, 0.1) is 0 Å². The summed E-state index contributed by atoms with van der Waals surface area (Å²) in [6.07, 6.45) is 0.520. The van der Waals surface area contributed by atoms with Crippen LogP contribution in [0.3, 0.4) is 0 Å². The first-order valence-electron chi connectivity index (χ1n) is 7.99. The number of primary sulfonamides is 1. The Labute approximate surface area is 150 Å². The van der Waals surface area contributed by atoms with Crippen LogP contribution in [0.4, 0.5) is 0 Å². The van der Waals surface area contributed by atoms with Crippen molar-refractivity contribution in [1.29, 1.82) is 0 Å². The molecule has 2 heterocycles. The van der Waals surface area contributed by atoms with Crippen molar-refractivity contribution >= 4 is 21.8 Å². The van der Waals surface area contributed by atoms with E-state index in [9.17, 15) is 18.0 Å². The van der Waals surface area contributed by atoms with Gasteiger partial charge in [-0.15, -0.1) is 0 Å². The molecule has 0 atom stereocenters. The van der Waals surface area contributed by atoms with Crippen molar-refractivity contribution in [1.82, 2.24) is 20.0 Å². The molecule has 0 spiro atoms. The third kappa shape index (κ3) is 3.75. The summed E-state index contributed by atoms with van der Waals surface area (Å²) in [4.78, 5) is 25.9. The lowest BCUT2D eigenvalue weighted by Crippen LogP contribution is -2.37. The molecule has 9 nitrogen and oxygen atoms in total. The minimum Gasteiger partial charge on any atom is -0.350 e. The summed E-state index contributed by atoms with van der Waals surface area (Å²) < 4.78 is 24.0. The Morgan fingerprint density at radius 2 is 1.96 bits per heavy atom. The molecule has 3 rings (SSSR count). The Balaban J connectivity index is 1.58. The third-order valence-corrected chi connectivity index (χ3v) is 5.11. The highest BCUT2D eigenvalue weighted by atomic mass is 32.2. The lowest BCUT2D eigenvalue weighted by atomic mass is 10.1. The first-order chi connectivity index (χ1) is 12.3. The predicted molar refractivity (Wildman–Crippen MR) is 93.0 cm³/mol. The number of fused-ring (bicyclic) bond motifs is 1. The molecule has 0 saturated carbocycles. The summed E-state index contributed by atoms with van der Waals surface area (Å²) in [5, 5.41) is 12.0. The Hall–Kier alpha value is -2.72. The van der Waals surface area contributed by atoms with Crippen LogP contribution in [-0.4, -0.2) is 55.0 Å². The molecule has 138 valence electrons. The zero-order valence-corrected chi connectivity index (χ0v) is 15.0. The fraction of sp³-hybridized carbons (Fsp3) is 0.312. The molecule has 0 unspecified atom stereocenters. The number of nitrogens with zero attached hydrogens (tertiary/aromatic N) is 3. The normalized spacial score (nSPS) is 14.2. The number of carbonyl (C=O) groups is 2. The highest BCUT2D eigenvalue weighted by Crippen LogP contribution is 2.13. The lowest BCUT2D eigenvalue weighted by molar-refractivity contribution is 0.0742. The standard InChI is InChI=1S/C16H19N5O4S/c1-20-8-9-21-14(16(20)23)10-13(19-21)15(22)18-7-6-11-2-4-12(5-3-11)26(17,24)25/h2-5,10H,6-9H2,1H3,(H,18,22)(H2,17,24,25). The molecule has 10 heteroatoms. The SMILES string of the molecule is CN1CCn2nc(C(=O)NCCc3ccc(S(N)(=O)=O)cc3)cc2C1=O. The second-order valence-electron chi connectivity index (χ2n) is 6.06. The van der Waals surface area contributed by atoms with Crippen molar-refractivity contribution in [2.45, 2.75) is 17.9 Å². The predicted octanol–water partition coefficient (Wildman–Crippen LogP) is -0.411. The van der Waals surface area contributed by atoms with E-state index in [4.69, 9.17) is 5.14 Å². The molecule has 26 heavy (non-hydrogen) atoms. The van der Waals surface area contributed by atoms with Crippen LogP contribution < -0.4 is 10.5 Å². The average Bonchev–Trinajstić information content (AvgIpc) is 3.03. The first kappa shape index (κ1) is 18.1. The maximum Gasteiger partial charge on any atom is 0.271 e. The van der Waals surface area contributed by atoms with Crippen molar-refractivity contribution < 1.29 is 18.0 Å². The number of sulfonamides is 1. The van der Waals surface area contributed by atoms with Gasteiger partial charge in [0.2, 0.25) is 10.0 Å². The van der Waals surface area contributed by atoms with Crippen molar-refractivity contribution in [3.8, 4) is 0 Å². The highest BCUT2D eigenvalue weighted by Gasteiger charge is 2.25. The zero-order chi connectivity index (χ0) is 18.9. The van der Waals surface area contributed by atoms with Gasteiger partial charge < -0.3 is 10.2 Å². The van der Waals surface area contributed by atoms with Gasteiger partial charge in [-0.1, -0.05) is 12.1 Å². The maximum absolute atomic E-state index is 12.2. The minimum absolute atomic E-state index is 0.0449. The third-order valence-electron chi connectivity index (χ3n) is 4.18. The van der Waals surface area contributed by atoms with Gasteiger partial charge in [0, 0.05) is 26.2 Å². The average molecular weight is 377 g/mol. The largest absolute Gasteiger partial charge is 0.350 e. The molecule has 0 fully saturated rings. The van der Waals surface area contributed by atoms with E-state index in [0.29, 0.717) is 31.7 Å². The summed E-state index contributed by atoms with van der Waals surface area (Å²) in [7, 11) is -2.00. The molecule has 2 amide bonds. The molecule has 3 N–H and O–H groups in total. The van der Waals surface area contributed by atoms with Gasteiger partial charge in [0.05, 0.1) is 11.4 Å². The van der Waals surface area contributed by atoms with Crippen LogP contribution >= 0.6 is 0 Å². The van der Waals surface area contributed by atoms with Crippen LogP contribution in [0.25, 0.3) is 0 Å². The van der Waals surface area contributed by atoms with Gasteiger partial charge in [-0.05, 0) is 24.1 Å². The van der Waals surface area contributed by atoms with E-state index < -0.39 is 10.0 Å². The number of likely N-dealkylation sites (N-methyl/N-ethyl adjacent to an activating group) is 1. The van der Waals surface area contributed by atoms with E-state index in [0.717, 1.165) is 5.56 Å². The Bertz CT molecular complexity index is 950. The number of nitrogens with one attached hydrogen (secondary N) is 1. The van der Waals surface area contributed by atoms with E-state index >= 15 is 0 Å². The molecule has 1 aliphatic rings. The number of carbonyl (C=O) groups excluding carboxylic acids is 2. The van der Waals surface area contributed by atoms with E-state index in [1.165, 1.54) is 18.2 Å². The van der Waals surface area contributed by atoms with Gasteiger partial charge in [0.1, 0.15) is 5.69 Å². The first-order valence-corrected chi connectivity index (χ1v) is 9.53. The quantitative estimate of drug-likeness (QED) is 0.732. The smallest absolute Gasteiger partial charge is 0.271 e. The highest BCUT2D eigenvalue weighted by molar-refractivity contribution is 7.89. The number of amides is 2. The number of benzene rings is 1. The van der Waals surface area contributed by atoms with E-state index in [-0.39, 0.29) is 22.4 Å². The number of rotatable bonds is 5. The van der Waals surface area contributed by atoms with Crippen LogP contribution in [0.1, 0.15) is 26.5 Å². The van der Waals surface area contributed by atoms with Crippen molar-refractivity contribution in [2.24, 2.45) is 5.14 Å². The van der Waals surface area contributed by atoms with E-state index in [2.05, 4.69) is 10.4 Å². The summed E-state index contributed by atoms with van der Waals surface area (Å²) >= 11 is 0. The minimum atomic E-state index is -3.71. The zero-order valence-electron chi connectivity index (χ0n) is 14.2. The monoisotopic (exact) mass is 377 g/mol. The second-order valence-corrected chi connectivity index (χ2v) is 7.62. The maximum atomic E-state index is 12.2. The van der Waals surface area contributed by atoms with Crippen LogP contribution in [-0.2, 0) is 23.0 Å². The summed E-state index contributed by atoms with van der Waals surface area (Å²) in [6, 6.07) is 7.65. The number of nitrogens with two attached hydrogens (primary N) is 1. The molecule has 0 saturated heterocycles. The molecule has 1 aromatic carbocycles. The molecular formula is C16H19N5O4S. The van der Waals surface area contributed by atoms with Crippen LogP contribution in [0.2, 0.25) is 0 Å². The van der Waals surface area contributed by atoms with Crippen molar-refractivity contribution in [3.05, 3.63) is 47.3 Å². The van der Waals surface area contributed by atoms with Gasteiger partial charge in [-0.2, -0.15) is 5.10 Å². The molecule has 0 bridgehead atoms. The van der Waals surface area contributed by atoms with Gasteiger partial charge in [0.15, 0.2) is 5.69 Å². The second kappa shape index (κ2) is 6.89.